The molecule has 0 aliphatic rings. The van der Waals surface area contributed by atoms with E-state index in [4.69, 9.17) is 8.83 Å². The highest BCUT2D eigenvalue weighted by Gasteiger charge is 2.17. The van der Waals surface area contributed by atoms with Crippen molar-refractivity contribution >= 4 is 37.9 Å². The van der Waals surface area contributed by atoms with Gasteiger partial charge in [0.15, 0.2) is 11.3 Å². The van der Waals surface area contributed by atoms with E-state index in [1.54, 1.807) is 24.3 Å². The monoisotopic (exact) mass is 400 g/mol. The summed E-state index contributed by atoms with van der Waals surface area (Å²) in [7, 11) is 0. The van der Waals surface area contributed by atoms with Crippen molar-refractivity contribution in [3.8, 4) is 22.6 Å². The lowest BCUT2D eigenvalue weighted by Gasteiger charge is -2.07. The van der Waals surface area contributed by atoms with Gasteiger partial charge in [-0.25, -0.2) is 9.59 Å². The summed E-state index contributed by atoms with van der Waals surface area (Å²) in [6.07, 6.45) is 0. The van der Waals surface area contributed by atoms with E-state index >= 15 is 0 Å². The molecule has 0 spiro atoms. The van der Waals surface area contributed by atoms with Gasteiger partial charge in [-0.1, -0.05) is 15.9 Å². The first-order valence-electron chi connectivity index (χ1n) is 7.16. The van der Waals surface area contributed by atoms with E-state index in [1.807, 2.05) is 0 Å². The summed E-state index contributed by atoms with van der Waals surface area (Å²) in [4.78, 5) is 24.3. The Morgan fingerprint density at radius 2 is 1.68 bits per heavy atom. The topological polar surface area (TPSA) is 101 Å². The van der Waals surface area contributed by atoms with Crippen LogP contribution in [0, 0.1) is 0 Å². The van der Waals surface area contributed by atoms with Gasteiger partial charge in [0.05, 0.1) is 5.56 Å². The number of fused-ring (bicyclic) bond motifs is 2. The Bertz CT molecular complexity index is 1270. The number of hydrogen-bond donors (Lipinski definition) is 2. The van der Waals surface area contributed by atoms with E-state index < -0.39 is 22.8 Å². The first kappa shape index (κ1) is 15.5. The van der Waals surface area contributed by atoms with Gasteiger partial charge in [0.25, 0.3) is 0 Å². The number of aromatic hydroxyl groups is 2. The van der Waals surface area contributed by atoms with Crippen LogP contribution in [0.25, 0.3) is 33.1 Å². The Morgan fingerprint density at radius 3 is 2.48 bits per heavy atom. The fourth-order valence-electron chi connectivity index (χ4n) is 2.71. The van der Waals surface area contributed by atoms with Gasteiger partial charge in [-0.15, -0.1) is 0 Å². The minimum atomic E-state index is -0.767. The highest BCUT2D eigenvalue weighted by atomic mass is 79.9. The molecule has 2 aromatic heterocycles. The molecule has 4 aromatic rings. The largest absolute Gasteiger partial charge is 0.504 e. The summed E-state index contributed by atoms with van der Waals surface area (Å²) >= 11 is 3.35. The third-order valence-electron chi connectivity index (χ3n) is 3.85. The van der Waals surface area contributed by atoms with Crippen molar-refractivity contribution in [2.45, 2.75) is 0 Å². The van der Waals surface area contributed by atoms with Gasteiger partial charge in [0.2, 0.25) is 5.75 Å². The van der Waals surface area contributed by atoms with Crippen LogP contribution in [0.3, 0.4) is 0 Å². The second-order valence-corrected chi connectivity index (χ2v) is 6.33. The third kappa shape index (κ3) is 2.49. The number of phenolic OH excluding ortho intramolecular Hbond substituents is 2. The molecule has 0 radical (unpaired) electrons. The van der Waals surface area contributed by atoms with Crippen molar-refractivity contribution < 1.29 is 19.0 Å². The normalized spacial score (nSPS) is 11.2. The molecule has 0 saturated heterocycles. The van der Waals surface area contributed by atoms with E-state index in [1.165, 1.54) is 12.1 Å². The lowest BCUT2D eigenvalue weighted by molar-refractivity contribution is 0.397. The molecule has 0 aliphatic carbocycles. The highest BCUT2D eigenvalue weighted by Crippen LogP contribution is 2.37. The molecule has 0 atom stereocenters. The summed E-state index contributed by atoms with van der Waals surface area (Å²) in [5.41, 5.74) is -0.793. The molecule has 0 fully saturated rings. The van der Waals surface area contributed by atoms with Crippen molar-refractivity contribution in [2.75, 3.05) is 0 Å². The van der Waals surface area contributed by atoms with Gasteiger partial charge >= 0.3 is 11.3 Å². The molecule has 0 amide bonds. The molecule has 0 unspecified atom stereocenters. The average molecular weight is 401 g/mol. The van der Waals surface area contributed by atoms with E-state index in [0.717, 1.165) is 10.5 Å². The SMILES string of the molecule is O=c1cc(-c2cc3cc(Br)ccc3oc2=O)c2ccc(O)c(O)c2o1. The fraction of sp³-hybridized carbons (Fsp3) is 0. The summed E-state index contributed by atoms with van der Waals surface area (Å²) in [6.45, 7) is 0. The predicted octanol–water partition coefficient (Wildman–Crippen LogP) is 3.74. The Morgan fingerprint density at radius 1 is 0.880 bits per heavy atom. The van der Waals surface area contributed by atoms with Crippen molar-refractivity contribution in [1.29, 1.82) is 0 Å². The van der Waals surface area contributed by atoms with Gasteiger partial charge in [0.1, 0.15) is 5.58 Å². The average Bonchev–Trinajstić information content (AvgIpc) is 2.58. The maximum Gasteiger partial charge on any atom is 0.344 e. The quantitative estimate of drug-likeness (QED) is 0.372. The maximum atomic E-state index is 12.4. The van der Waals surface area contributed by atoms with Crippen LogP contribution in [0.1, 0.15) is 0 Å². The standard InChI is InChI=1S/C18H9BrO6/c19-9-1-4-14-8(5-9)6-12(18(23)24-14)11-7-15(21)25-17-10(11)2-3-13(20)16(17)22/h1-7,20,22H. The van der Waals surface area contributed by atoms with Gasteiger partial charge in [-0.05, 0) is 36.4 Å². The van der Waals surface area contributed by atoms with Crippen molar-refractivity contribution in [3.63, 3.8) is 0 Å². The Hall–Kier alpha value is -3.06. The Balaban J connectivity index is 2.13. The molecule has 0 saturated carbocycles. The molecule has 6 nitrogen and oxygen atoms in total. The molecule has 124 valence electrons. The zero-order valence-electron chi connectivity index (χ0n) is 12.4. The number of hydrogen-bond acceptors (Lipinski definition) is 6. The zero-order valence-corrected chi connectivity index (χ0v) is 14.0. The van der Waals surface area contributed by atoms with E-state index in [9.17, 15) is 19.8 Å². The summed E-state index contributed by atoms with van der Waals surface area (Å²) in [5, 5.41) is 20.5. The molecule has 0 aliphatic heterocycles. The second-order valence-electron chi connectivity index (χ2n) is 5.42. The van der Waals surface area contributed by atoms with Crippen LogP contribution in [0.4, 0.5) is 0 Å². The highest BCUT2D eigenvalue weighted by molar-refractivity contribution is 9.10. The summed E-state index contributed by atoms with van der Waals surface area (Å²) < 4.78 is 11.1. The summed E-state index contributed by atoms with van der Waals surface area (Å²) in [6, 6.07) is 10.6. The molecule has 0 bridgehead atoms. The van der Waals surface area contributed by atoms with E-state index in [2.05, 4.69) is 15.9 Å². The van der Waals surface area contributed by atoms with Gasteiger partial charge in [0, 0.05) is 26.9 Å². The van der Waals surface area contributed by atoms with Gasteiger partial charge in [-0.2, -0.15) is 0 Å². The Labute approximate surface area is 147 Å². The number of benzene rings is 2. The van der Waals surface area contributed by atoms with Crippen molar-refractivity contribution in [1.82, 2.24) is 0 Å². The van der Waals surface area contributed by atoms with Crippen molar-refractivity contribution in [2.24, 2.45) is 0 Å². The van der Waals surface area contributed by atoms with Gasteiger partial charge in [-0.3, -0.25) is 0 Å². The molecule has 2 heterocycles. The van der Waals surface area contributed by atoms with Crippen LogP contribution in [0.15, 0.2) is 65.4 Å². The fourth-order valence-corrected chi connectivity index (χ4v) is 3.09. The number of phenols is 2. The van der Waals surface area contributed by atoms with Crippen LogP contribution in [0.2, 0.25) is 0 Å². The third-order valence-corrected chi connectivity index (χ3v) is 4.34. The predicted molar refractivity (Wildman–Crippen MR) is 95.0 cm³/mol. The molecular formula is C18H9BrO6. The van der Waals surface area contributed by atoms with Crippen LogP contribution in [-0.4, -0.2) is 10.2 Å². The van der Waals surface area contributed by atoms with Crippen LogP contribution >= 0.6 is 15.9 Å². The minimum absolute atomic E-state index is 0.147. The molecular weight excluding hydrogens is 392 g/mol. The zero-order chi connectivity index (χ0) is 17.7. The van der Waals surface area contributed by atoms with Gasteiger partial charge < -0.3 is 19.0 Å². The second kappa shape index (κ2) is 5.49. The molecule has 25 heavy (non-hydrogen) atoms. The molecule has 2 N–H and O–H groups in total. The molecule has 4 rings (SSSR count). The lowest BCUT2D eigenvalue weighted by Crippen LogP contribution is -2.06. The number of rotatable bonds is 1. The van der Waals surface area contributed by atoms with Crippen LogP contribution in [-0.2, 0) is 0 Å². The first-order chi connectivity index (χ1) is 11.9. The first-order valence-corrected chi connectivity index (χ1v) is 7.96. The molecule has 2 aromatic carbocycles. The van der Waals surface area contributed by atoms with Crippen LogP contribution < -0.4 is 11.3 Å². The van der Waals surface area contributed by atoms with Crippen LogP contribution in [0.5, 0.6) is 11.5 Å². The summed E-state index contributed by atoms with van der Waals surface area (Å²) in [5.74, 6) is -0.994. The maximum absolute atomic E-state index is 12.4. The van der Waals surface area contributed by atoms with Crippen molar-refractivity contribution in [3.05, 3.63) is 67.8 Å². The van der Waals surface area contributed by atoms with E-state index in [0.29, 0.717) is 16.4 Å². The lowest BCUT2D eigenvalue weighted by atomic mass is 10.0. The molecule has 7 heteroatoms. The van der Waals surface area contributed by atoms with E-state index in [-0.39, 0.29) is 16.7 Å². The number of halogens is 1. The smallest absolute Gasteiger partial charge is 0.344 e. The minimum Gasteiger partial charge on any atom is -0.504 e. The Kier molecular flexibility index (Phi) is 3.40.